The highest BCUT2D eigenvalue weighted by Gasteiger charge is 2.18. The van der Waals surface area contributed by atoms with Gasteiger partial charge in [0.25, 0.3) is 11.8 Å². The molecule has 0 aliphatic heterocycles. The number of benzene rings is 3. The molecule has 7 heteroatoms. The van der Waals surface area contributed by atoms with E-state index in [0.717, 1.165) is 5.56 Å². The average Bonchev–Trinajstić information content (AvgIpc) is 2.79. The first-order valence-electron chi connectivity index (χ1n) is 10.6. The Labute approximate surface area is 199 Å². The Kier molecular flexibility index (Phi) is 8.16. The highest BCUT2D eigenvalue weighted by Crippen LogP contribution is 2.20. The van der Waals surface area contributed by atoms with E-state index < -0.39 is 5.91 Å². The molecule has 0 aliphatic rings. The van der Waals surface area contributed by atoms with Crippen LogP contribution in [0.3, 0.4) is 0 Å². The second kappa shape index (κ2) is 11.2. The Bertz CT molecular complexity index is 1130. The molecular formula is C26H27N3O3S. The lowest BCUT2D eigenvalue weighted by atomic mass is 10.1. The molecule has 3 rings (SSSR count). The van der Waals surface area contributed by atoms with Crippen LogP contribution in [0.2, 0.25) is 0 Å². The first kappa shape index (κ1) is 23.9. The largest absolute Gasteiger partial charge is 0.490 e. The van der Waals surface area contributed by atoms with Gasteiger partial charge in [0, 0.05) is 13.6 Å². The first-order chi connectivity index (χ1) is 15.8. The summed E-state index contributed by atoms with van der Waals surface area (Å²) in [5.74, 6) is -0.0774. The van der Waals surface area contributed by atoms with E-state index in [-0.39, 0.29) is 17.1 Å². The number of nitrogens with zero attached hydrogens (tertiary/aromatic N) is 1. The van der Waals surface area contributed by atoms with Crippen molar-refractivity contribution in [3.05, 3.63) is 95.6 Å². The van der Waals surface area contributed by atoms with Crippen LogP contribution in [0.15, 0.2) is 78.9 Å². The number of amides is 2. The van der Waals surface area contributed by atoms with E-state index in [1.54, 1.807) is 60.5 Å². The molecule has 0 radical (unpaired) electrons. The van der Waals surface area contributed by atoms with Crippen LogP contribution in [-0.2, 0) is 6.54 Å². The van der Waals surface area contributed by atoms with Crippen LogP contribution in [0.5, 0.6) is 5.75 Å². The van der Waals surface area contributed by atoms with Crippen molar-refractivity contribution in [2.45, 2.75) is 26.5 Å². The van der Waals surface area contributed by atoms with Gasteiger partial charge in [0.2, 0.25) is 0 Å². The van der Waals surface area contributed by atoms with Crippen LogP contribution in [0.4, 0.5) is 5.69 Å². The van der Waals surface area contributed by atoms with Crippen molar-refractivity contribution in [1.82, 2.24) is 10.2 Å². The summed E-state index contributed by atoms with van der Waals surface area (Å²) < 4.78 is 5.72. The maximum atomic E-state index is 13.1. The van der Waals surface area contributed by atoms with Crippen LogP contribution in [0.25, 0.3) is 0 Å². The highest BCUT2D eigenvalue weighted by molar-refractivity contribution is 7.80. The molecule has 0 unspecified atom stereocenters. The number of nitrogens with one attached hydrogen (secondary N) is 2. The van der Waals surface area contributed by atoms with Crippen molar-refractivity contribution in [2.24, 2.45) is 0 Å². The molecule has 0 saturated heterocycles. The van der Waals surface area contributed by atoms with Crippen molar-refractivity contribution in [2.75, 3.05) is 12.4 Å². The Balaban J connectivity index is 1.70. The molecular weight excluding hydrogens is 434 g/mol. The van der Waals surface area contributed by atoms with Crippen LogP contribution < -0.4 is 15.4 Å². The van der Waals surface area contributed by atoms with Crippen molar-refractivity contribution < 1.29 is 14.3 Å². The summed E-state index contributed by atoms with van der Waals surface area (Å²) >= 11 is 5.35. The number of hydrogen-bond donors (Lipinski definition) is 2. The molecule has 0 bridgehead atoms. The Morgan fingerprint density at radius 2 is 1.52 bits per heavy atom. The standard InChI is InChI=1S/C26H27N3O3S/c1-18(2)32-23-16-10-8-14-21(23)24(30)28-26(33)27-22-15-9-7-13-20(22)25(31)29(3)17-19-11-5-4-6-12-19/h4-16,18H,17H2,1-3H3,(H2,27,28,30,33). The maximum Gasteiger partial charge on any atom is 0.261 e. The number of thiocarbonyl (C=S) groups is 1. The van der Waals surface area contributed by atoms with Crippen LogP contribution in [0, 0.1) is 0 Å². The van der Waals surface area contributed by atoms with Crippen LogP contribution in [-0.4, -0.2) is 35.0 Å². The molecule has 0 saturated carbocycles. The predicted octanol–water partition coefficient (Wildman–Crippen LogP) is 4.87. The number of carbonyl (C=O) groups excluding carboxylic acids is 2. The third-order valence-electron chi connectivity index (χ3n) is 4.74. The Morgan fingerprint density at radius 3 is 2.21 bits per heavy atom. The van der Waals surface area contributed by atoms with Crippen molar-refractivity contribution in [3.8, 4) is 5.75 Å². The Hall–Kier alpha value is -3.71. The first-order valence-corrected chi connectivity index (χ1v) is 11.0. The second-order valence-corrected chi connectivity index (χ2v) is 8.17. The predicted molar refractivity (Wildman–Crippen MR) is 135 cm³/mol. The van der Waals surface area contributed by atoms with E-state index in [1.807, 2.05) is 44.2 Å². The molecule has 6 nitrogen and oxygen atoms in total. The summed E-state index contributed by atoms with van der Waals surface area (Å²) in [6.07, 6.45) is -0.0743. The topological polar surface area (TPSA) is 70.7 Å². The van der Waals surface area contributed by atoms with Gasteiger partial charge in [-0.3, -0.25) is 14.9 Å². The van der Waals surface area contributed by atoms with Gasteiger partial charge in [0.05, 0.1) is 22.9 Å². The number of anilines is 1. The molecule has 0 atom stereocenters. The smallest absolute Gasteiger partial charge is 0.261 e. The van der Waals surface area contributed by atoms with Gasteiger partial charge in [-0.2, -0.15) is 0 Å². The van der Waals surface area contributed by atoms with Crippen molar-refractivity contribution in [1.29, 1.82) is 0 Å². The molecule has 0 aromatic heterocycles. The van der Waals surface area contributed by atoms with Gasteiger partial charge in [0.1, 0.15) is 5.75 Å². The number of ether oxygens (including phenoxy) is 1. The number of hydrogen-bond acceptors (Lipinski definition) is 4. The number of carbonyl (C=O) groups is 2. The molecule has 3 aromatic rings. The van der Waals surface area contributed by atoms with E-state index in [2.05, 4.69) is 10.6 Å². The van der Waals surface area contributed by atoms with Gasteiger partial charge in [-0.05, 0) is 55.9 Å². The lowest BCUT2D eigenvalue weighted by Crippen LogP contribution is -2.35. The van der Waals surface area contributed by atoms with E-state index in [0.29, 0.717) is 29.1 Å². The molecule has 3 aromatic carbocycles. The zero-order valence-corrected chi connectivity index (χ0v) is 19.7. The summed E-state index contributed by atoms with van der Waals surface area (Å²) in [7, 11) is 1.75. The SMILES string of the molecule is CC(C)Oc1ccccc1C(=O)NC(=S)Nc1ccccc1C(=O)N(C)Cc1ccccc1. The van der Waals surface area contributed by atoms with Crippen LogP contribution >= 0.6 is 12.2 Å². The summed E-state index contributed by atoms with van der Waals surface area (Å²) in [6.45, 7) is 4.26. The summed E-state index contributed by atoms with van der Waals surface area (Å²) in [6, 6.07) is 23.8. The minimum atomic E-state index is -0.395. The van der Waals surface area contributed by atoms with Gasteiger partial charge >= 0.3 is 0 Å². The Morgan fingerprint density at radius 1 is 0.909 bits per heavy atom. The van der Waals surface area contributed by atoms with Gasteiger partial charge in [0.15, 0.2) is 5.11 Å². The van der Waals surface area contributed by atoms with E-state index in [1.165, 1.54) is 0 Å². The summed E-state index contributed by atoms with van der Waals surface area (Å²) in [5.41, 5.74) is 2.38. The van der Waals surface area contributed by atoms with Crippen molar-refractivity contribution >= 4 is 34.8 Å². The van der Waals surface area contributed by atoms with E-state index in [4.69, 9.17) is 17.0 Å². The second-order valence-electron chi connectivity index (χ2n) is 7.76. The van der Waals surface area contributed by atoms with Gasteiger partial charge in [-0.1, -0.05) is 54.6 Å². The highest BCUT2D eigenvalue weighted by atomic mass is 32.1. The summed E-state index contributed by atoms with van der Waals surface area (Å²) in [5, 5.41) is 5.74. The minimum Gasteiger partial charge on any atom is -0.490 e. The molecule has 2 amide bonds. The van der Waals surface area contributed by atoms with Gasteiger partial charge < -0.3 is 15.0 Å². The van der Waals surface area contributed by atoms with Gasteiger partial charge in [-0.25, -0.2) is 0 Å². The fraction of sp³-hybridized carbons (Fsp3) is 0.192. The number of rotatable bonds is 7. The molecule has 33 heavy (non-hydrogen) atoms. The molecule has 170 valence electrons. The molecule has 0 heterocycles. The normalized spacial score (nSPS) is 10.4. The molecule has 0 spiro atoms. The van der Waals surface area contributed by atoms with E-state index in [9.17, 15) is 9.59 Å². The molecule has 2 N–H and O–H groups in total. The minimum absolute atomic E-state index is 0.0743. The zero-order valence-electron chi connectivity index (χ0n) is 18.9. The van der Waals surface area contributed by atoms with Crippen LogP contribution in [0.1, 0.15) is 40.1 Å². The third-order valence-corrected chi connectivity index (χ3v) is 4.94. The average molecular weight is 462 g/mol. The number of para-hydroxylation sites is 2. The fourth-order valence-electron chi connectivity index (χ4n) is 3.25. The lowest BCUT2D eigenvalue weighted by molar-refractivity contribution is 0.0786. The van der Waals surface area contributed by atoms with E-state index >= 15 is 0 Å². The quantitative estimate of drug-likeness (QED) is 0.491. The third kappa shape index (κ3) is 6.63. The monoisotopic (exact) mass is 461 g/mol. The van der Waals surface area contributed by atoms with Gasteiger partial charge in [-0.15, -0.1) is 0 Å². The molecule has 0 aliphatic carbocycles. The van der Waals surface area contributed by atoms with Crippen molar-refractivity contribution in [3.63, 3.8) is 0 Å². The summed E-state index contributed by atoms with van der Waals surface area (Å²) in [4.78, 5) is 27.5. The molecule has 0 fully saturated rings. The fourth-order valence-corrected chi connectivity index (χ4v) is 3.45. The zero-order chi connectivity index (χ0) is 23.8. The maximum absolute atomic E-state index is 13.1. The lowest BCUT2D eigenvalue weighted by Gasteiger charge is -2.20.